The van der Waals surface area contributed by atoms with Crippen LogP contribution in [0.5, 0.6) is 0 Å². The lowest BCUT2D eigenvalue weighted by atomic mass is 10.1. The first-order chi connectivity index (χ1) is 12.0. The summed E-state index contributed by atoms with van der Waals surface area (Å²) >= 11 is 0. The molecule has 0 bridgehead atoms. The molecular weight excluding hydrogens is 369 g/mol. The van der Waals surface area contributed by atoms with Gasteiger partial charge in [-0.15, -0.1) is 0 Å². The SMILES string of the molecule is Cc1ccc(C)c(S(=O)(=O)Nc2ccccc2C(=O)NCC(F)(F)F)c1. The average molecular weight is 386 g/mol. The van der Waals surface area contributed by atoms with E-state index in [0.29, 0.717) is 5.56 Å². The number of hydrogen-bond acceptors (Lipinski definition) is 3. The number of hydrogen-bond donors (Lipinski definition) is 2. The highest BCUT2D eigenvalue weighted by atomic mass is 32.2. The molecule has 26 heavy (non-hydrogen) atoms. The number of sulfonamides is 1. The molecule has 5 nitrogen and oxygen atoms in total. The number of carbonyl (C=O) groups is 1. The van der Waals surface area contributed by atoms with Crippen LogP contribution in [0.15, 0.2) is 47.4 Å². The van der Waals surface area contributed by atoms with E-state index >= 15 is 0 Å². The van der Waals surface area contributed by atoms with Gasteiger partial charge in [-0.05, 0) is 43.2 Å². The van der Waals surface area contributed by atoms with Crippen LogP contribution in [-0.2, 0) is 10.0 Å². The molecule has 9 heteroatoms. The van der Waals surface area contributed by atoms with E-state index in [0.717, 1.165) is 5.56 Å². The fourth-order valence-corrected chi connectivity index (χ4v) is 3.65. The monoisotopic (exact) mass is 386 g/mol. The van der Waals surface area contributed by atoms with Crippen LogP contribution in [0.25, 0.3) is 0 Å². The van der Waals surface area contributed by atoms with Gasteiger partial charge in [-0.3, -0.25) is 9.52 Å². The largest absolute Gasteiger partial charge is 0.405 e. The Hall–Kier alpha value is -2.55. The Morgan fingerprint density at radius 3 is 2.38 bits per heavy atom. The van der Waals surface area contributed by atoms with Gasteiger partial charge in [0.05, 0.1) is 16.1 Å². The summed E-state index contributed by atoms with van der Waals surface area (Å²) in [6.07, 6.45) is -4.57. The Bertz CT molecular complexity index is 925. The van der Waals surface area contributed by atoms with Crippen molar-refractivity contribution in [3.63, 3.8) is 0 Å². The Balaban J connectivity index is 2.33. The van der Waals surface area contributed by atoms with Crippen molar-refractivity contribution in [3.8, 4) is 0 Å². The molecule has 0 aliphatic rings. The molecule has 0 radical (unpaired) electrons. The fourth-order valence-electron chi connectivity index (χ4n) is 2.24. The number of para-hydroxylation sites is 1. The van der Waals surface area contributed by atoms with Gasteiger partial charge in [-0.2, -0.15) is 13.2 Å². The highest BCUT2D eigenvalue weighted by Crippen LogP contribution is 2.23. The van der Waals surface area contributed by atoms with E-state index in [4.69, 9.17) is 0 Å². The van der Waals surface area contributed by atoms with Crippen LogP contribution in [0.3, 0.4) is 0 Å². The molecule has 0 aliphatic heterocycles. The van der Waals surface area contributed by atoms with Gasteiger partial charge in [0.25, 0.3) is 15.9 Å². The van der Waals surface area contributed by atoms with Gasteiger partial charge in [0.1, 0.15) is 6.54 Å². The summed E-state index contributed by atoms with van der Waals surface area (Å²) in [6, 6.07) is 10.3. The quantitative estimate of drug-likeness (QED) is 0.827. The Morgan fingerprint density at radius 1 is 1.08 bits per heavy atom. The van der Waals surface area contributed by atoms with Gasteiger partial charge < -0.3 is 5.32 Å². The van der Waals surface area contributed by atoms with E-state index in [2.05, 4.69) is 4.72 Å². The minimum atomic E-state index is -4.57. The lowest BCUT2D eigenvalue weighted by Gasteiger charge is -2.15. The molecule has 1 amide bonds. The Morgan fingerprint density at radius 2 is 1.73 bits per heavy atom. The van der Waals surface area contributed by atoms with E-state index in [-0.39, 0.29) is 16.1 Å². The molecule has 0 unspecified atom stereocenters. The van der Waals surface area contributed by atoms with Crippen molar-refractivity contribution >= 4 is 21.6 Å². The molecule has 0 atom stereocenters. The summed E-state index contributed by atoms with van der Waals surface area (Å²) in [4.78, 5) is 12.0. The smallest absolute Gasteiger partial charge is 0.343 e. The number of aryl methyl sites for hydroxylation is 2. The summed E-state index contributed by atoms with van der Waals surface area (Å²) in [5.41, 5.74) is 0.924. The maximum Gasteiger partial charge on any atom is 0.405 e. The van der Waals surface area contributed by atoms with Crippen molar-refractivity contribution in [1.82, 2.24) is 5.32 Å². The number of rotatable bonds is 5. The molecule has 0 saturated carbocycles. The van der Waals surface area contributed by atoms with E-state index in [1.165, 1.54) is 30.3 Å². The first kappa shape index (κ1) is 19.8. The van der Waals surface area contributed by atoms with Gasteiger partial charge in [0.2, 0.25) is 0 Å². The molecule has 0 aliphatic carbocycles. The fraction of sp³-hybridized carbons (Fsp3) is 0.235. The van der Waals surface area contributed by atoms with Crippen LogP contribution >= 0.6 is 0 Å². The van der Waals surface area contributed by atoms with Crippen molar-refractivity contribution < 1.29 is 26.4 Å². The molecule has 2 aromatic rings. The number of benzene rings is 2. The zero-order valence-corrected chi connectivity index (χ0v) is 14.8. The van der Waals surface area contributed by atoms with E-state index < -0.39 is 28.7 Å². The standard InChI is InChI=1S/C17H17F3N2O3S/c1-11-7-8-12(2)15(9-11)26(24,25)22-14-6-4-3-5-13(14)16(23)21-10-17(18,19)20/h3-9,22H,10H2,1-2H3,(H,21,23). The zero-order valence-electron chi connectivity index (χ0n) is 14.0. The molecule has 0 heterocycles. The second-order valence-corrected chi connectivity index (χ2v) is 7.37. The van der Waals surface area contributed by atoms with Crippen LogP contribution in [0, 0.1) is 13.8 Å². The predicted molar refractivity (Wildman–Crippen MR) is 91.6 cm³/mol. The second-order valence-electron chi connectivity index (χ2n) is 5.72. The van der Waals surface area contributed by atoms with Crippen LogP contribution in [-0.4, -0.2) is 27.0 Å². The Kier molecular flexibility index (Phi) is 5.60. The highest BCUT2D eigenvalue weighted by molar-refractivity contribution is 7.92. The van der Waals surface area contributed by atoms with Crippen molar-refractivity contribution in [2.75, 3.05) is 11.3 Å². The van der Waals surface area contributed by atoms with Gasteiger partial charge in [-0.25, -0.2) is 8.42 Å². The van der Waals surface area contributed by atoms with Crippen molar-refractivity contribution in [2.24, 2.45) is 0 Å². The molecule has 2 aromatic carbocycles. The summed E-state index contributed by atoms with van der Waals surface area (Å²) in [7, 11) is -4.02. The molecule has 140 valence electrons. The van der Waals surface area contributed by atoms with E-state index in [1.807, 2.05) is 0 Å². The maximum atomic E-state index is 12.6. The Labute approximate surface area is 149 Å². The van der Waals surface area contributed by atoms with Crippen molar-refractivity contribution in [3.05, 3.63) is 59.2 Å². The lowest BCUT2D eigenvalue weighted by molar-refractivity contribution is -0.123. The third-order valence-corrected chi connectivity index (χ3v) is 5.01. The lowest BCUT2D eigenvalue weighted by Crippen LogP contribution is -2.34. The second kappa shape index (κ2) is 7.36. The minimum Gasteiger partial charge on any atom is -0.343 e. The van der Waals surface area contributed by atoms with Crippen LogP contribution in [0.2, 0.25) is 0 Å². The maximum absolute atomic E-state index is 12.6. The number of alkyl halides is 3. The predicted octanol–water partition coefficient (Wildman–Crippen LogP) is 3.40. The molecular formula is C17H17F3N2O3S. The third-order valence-electron chi connectivity index (χ3n) is 3.50. The van der Waals surface area contributed by atoms with Crippen LogP contribution < -0.4 is 10.0 Å². The number of amides is 1. The normalized spacial score (nSPS) is 11.9. The molecule has 2 N–H and O–H groups in total. The number of carbonyl (C=O) groups excluding carboxylic acids is 1. The summed E-state index contributed by atoms with van der Waals surface area (Å²) < 4.78 is 64.4. The summed E-state index contributed by atoms with van der Waals surface area (Å²) in [6.45, 7) is 1.84. The summed E-state index contributed by atoms with van der Waals surface area (Å²) in [5.74, 6) is -1.03. The van der Waals surface area contributed by atoms with Gasteiger partial charge in [0.15, 0.2) is 0 Å². The van der Waals surface area contributed by atoms with Gasteiger partial charge >= 0.3 is 6.18 Å². The topological polar surface area (TPSA) is 75.3 Å². The van der Waals surface area contributed by atoms with Crippen LogP contribution in [0.4, 0.5) is 18.9 Å². The first-order valence-electron chi connectivity index (χ1n) is 7.54. The summed E-state index contributed by atoms with van der Waals surface area (Å²) in [5, 5.41) is 1.73. The number of halogens is 3. The first-order valence-corrected chi connectivity index (χ1v) is 9.02. The van der Waals surface area contributed by atoms with E-state index in [9.17, 15) is 26.4 Å². The molecule has 0 fully saturated rings. The number of anilines is 1. The zero-order chi connectivity index (χ0) is 19.5. The molecule has 0 aromatic heterocycles. The molecule has 0 spiro atoms. The van der Waals surface area contributed by atoms with E-state index in [1.54, 1.807) is 31.3 Å². The minimum absolute atomic E-state index is 0.0306. The van der Waals surface area contributed by atoms with Crippen LogP contribution in [0.1, 0.15) is 21.5 Å². The van der Waals surface area contributed by atoms with Gasteiger partial charge in [-0.1, -0.05) is 24.3 Å². The molecule has 0 saturated heterocycles. The average Bonchev–Trinajstić information content (AvgIpc) is 2.54. The number of nitrogens with one attached hydrogen (secondary N) is 2. The highest BCUT2D eigenvalue weighted by Gasteiger charge is 2.28. The van der Waals surface area contributed by atoms with Gasteiger partial charge in [0, 0.05) is 0 Å². The van der Waals surface area contributed by atoms with Crippen molar-refractivity contribution in [2.45, 2.75) is 24.9 Å². The van der Waals surface area contributed by atoms with Crippen molar-refractivity contribution in [1.29, 1.82) is 0 Å². The molecule has 2 rings (SSSR count). The third kappa shape index (κ3) is 4.98.